The maximum Gasteiger partial charge on any atom is 0.587 e. The van der Waals surface area contributed by atoms with Crippen molar-refractivity contribution in [3.8, 4) is 11.5 Å². The number of nitro groups is 3. The number of phosphoric ester groups is 1. The average molecular weight is 495 g/mol. The molecule has 13 nitrogen and oxygen atoms in total. The van der Waals surface area contributed by atoms with E-state index >= 15 is 0 Å². The molecule has 0 aliphatic rings. The zero-order valence-corrected chi connectivity index (χ0v) is 17.7. The standard InChI is InChI=1S/C16H13F3N3O10P/c1-8-4-10(20(23)24)6-12(16(17,18)19)14(8)31-33(29,30-3)32-15-9(2)5-11(21(25)26)7-13(15)22(27)28/h4-7H,1-3H3. The van der Waals surface area contributed by atoms with Crippen molar-refractivity contribution in [2.75, 3.05) is 7.11 Å². The summed E-state index contributed by atoms with van der Waals surface area (Å²) in [7, 11) is -4.37. The Morgan fingerprint density at radius 1 is 0.818 bits per heavy atom. The summed E-state index contributed by atoms with van der Waals surface area (Å²) in [6.07, 6.45) is -5.19. The van der Waals surface area contributed by atoms with Gasteiger partial charge in [0.2, 0.25) is 5.75 Å². The maximum atomic E-state index is 13.5. The van der Waals surface area contributed by atoms with Crippen LogP contribution in [-0.4, -0.2) is 21.9 Å². The molecule has 1 atom stereocenters. The lowest BCUT2D eigenvalue weighted by Gasteiger charge is -2.21. The van der Waals surface area contributed by atoms with Gasteiger partial charge >= 0.3 is 19.7 Å². The van der Waals surface area contributed by atoms with E-state index in [-0.39, 0.29) is 11.6 Å². The fourth-order valence-corrected chi connectivity index (χ4v) is 3.72. The van der Waals surface area contributed by atoms with Crippen molar-refractivity contribution in [1.82, 2.24) is 0 Å². The maximum absolute atomic E-state index is 13.5. The second kappa shape index (κ2) is 8.99. The van der Waals surface area contributed by atoms with Crippen molar-refractivity contribution in [2.24, 2.45) is 0 Å². The first kappa shape index (κ1) is 25.5. The molecule has 0 heterocycles. The predicted octanol–water partition coefficient (Wildman–Crippen LogP) is 5.26. The molecule has 0 saturated heterocycles. The van der Waals surface area contributed by atoms with Gasteiger partial charge in [0.15, 0.2) is 0 Å². The van der Waals surface area contributed by atoms with E-state index in [0.29, 0.717) is 19.2 Å². The summed E-state index contributed by atoms with van der Waals surface area (Å²) in [5.41, 5.74) is -5.07. The number of aryl methyl sites for hydroxylation is 2. The SMILES string of the molecule is COP(=O)(Oc1c(C)cc([N+](=O)[O-])cc1[N+](=O)[O-])Oc1c(C)cc([N+](=O)[O-])cc1C(F)(F)F. The van der Waals surface area contributed by atoms with Crippen LogP contribution >= 0.6 is 7.82 Å². The predicted molar refractivity (Wildman–Crippen MR) is 103 cm³/mol. The minimum Gasteiger partial charge on any atom is -0.394 e. The number of halogens is 3. The minimum absolute atomic E-state index is 0.141. The number of nitrogens with zero attached hydrogens (tertiary/aromatic N) is 3. The van der Waals surface area contributed by atoms with E-state index in [1.165, 1.54) is 0 Å². The van der Waals surface area contributed by atoms with Crippen molar-refractivity contribution in [1.29, 1.82) is 0 Å². The number of benzene rings is 2. The number of phosphoric acid groups is 1. The van der Waals surface area contributed by atoms with Gasteiger partial charge in [-0.05, 0) is 19.4 Å². The molecule has 0 fully saturated rings. The molecule has 1 unspecified atom stereocenters. The first-order chi connectivity index (χ1) is 15.1. The van der Waals surface area contributed by atoms with Crippen molar-refractivity contribution in [3.63, 3.8) is 0 Å². The molecule has 0 saturated carbocycles. The number of nitro benzene ring substituents is 3. The van der Waals surface area contributed by atoms with Gasteiger partial charge in [0.25, 0.3) is 11.4 Å². The largest absolute Gasteiger partial charge is 0.587 e. The Morgan fingerprint density at radius 2 is 1.27 bits per heavy atom. The number of hydrogen-bond acceptors (Lipinski definition) is 10. The molecule has 0 bridgehead atoms. The van der Waals surface area contributed by atoms with Crippen LogP contribution in [0.5, 0.6) is 11.5 Å². The first-order valence-corrected chi connectivity index (χ1v) is 9.90. The highest BCUT2D eigenvalue weighted by molar-refractivity contribution is 7.49. The Balaban J connectivity index is 2.63. The van der Waals surface area contributed by atoms with E-state index in [0.717, 1.165) is 19.9 Å². The van der Waals surface area contributed by atoms with Crippen LogP contribution < -0.4 is 9.05 Å². The molecule has 178 valence electrons. The van der Waals surface area contributed by atoms with Crippen LogP contribution in [-0.2, 0) is 15.3 Å². The van der Waals surface area contributed by atoms with Gasteiger partial charge in [0.05, 0.1) is 20.8 Å². The summed E-state index contributed by atoms with van der Waals surface area (Å²) in [6.45, 7) is 2.12. The van der Waals surface area contributed by atoms with Crippen molar-refractivity contribution < 1.29 is 46.1 Å². The van der Waals surface area contributed by atoms with Crippen molar-refractivity contribution in [3.05, 3.63) is 71.3 Å². The first-order valence-electron chi connectivity index (χ1n) is 8.44. The highest BCUT2D eigenvalue weighted by Gasteiger charge is 2.42. The highest BCUT2D eigenvalue weighted by Crippen LogP contribution is 2.55. The molecule has 2 rings (SSSR count). The van der Waals surface area contributed by atoms with E-state index in [4.69, 9.17) is 9.05 Å². The molecule has 0 amide bonds. The molecular formula is C16H13F3N3O10P. The third kappa shape index (κ3) is 5.53. The topological polar surface area (TPSA) is 174 Å². The van der Waals surface area contributed by atoms with Crippen molar-refractivity contribution >= 4 is 24.9 Å². The minimum atomic E-state index is -5.19. The molecule has 0 radical (unpaired) electrons. The van der Waals surface area contributed by atoms with Crippen LogP contribution in [0.3, 0.4) is 0 Å². The van der Waals surface area contributed by atoms with Gasteiger partial charge in [0.1, 0.15) is 11.3 Å². The molecule has 17 heteroatoms. The lowest BCUT2D eigenvalue weighted by Crippen LogP contribution is -2.12. The van der Waals surface area contributed by atoms with Crippen LogP contribution in [0.4, 0.5) is 30.2 Å². The Morgan fingerprint density at radius 3 is 1.70 bits per heavy atom. The zero-order valence-electron chi connectivity index (χ0n) is 16.8. The van der Waals surface area contributed by atoms with Gasteiger partial charge in [-0.1, -0.05) is 0 Å². The van der Waals surface area contributed by atoms with Crippen LogP contribution in [0, 0.1) is 44.2 Å². The Hall–Kier alpha value is -3.78. The van der Waals surface area contributed by atoms with Gasteiger partial charge in [-0.25, -0.2) is 4.57 Å². The third-order valence-corrected chi connectivity index (χ3v) is 5.31. The molecule has 0 N–H and O–H groups in total. The second-order valence-electron chi connectivity index (χ2n) is 6.33. The van der Waals surface area contributed by atoms with E-state index < -0.39 is 68.5 Å². The summed E-state index contributed by atoms with van der Waals surface area (Å²) in [5, 5.41) is 33.2. The zero-order chi connectivity index (χ0) is 25.3. The van der Waals surface area contributed by atoms with Crippen LogP contribution in [0.15, 0.2) is 24.3 Å². The Kier molecular flexibility index (Phi) is 6.94. The summed E-state index contributed by atoms with van der Waals surface area (Å²) >= 11 is 0. The van der Waals surface area contributed by atoms with Gasteiger partial charge in [-0.15, -0.1) is 0 Å². The number of non-ortho nitro benzene ring substituents is 2. The summed E-state index contributed by atoms with van der Waals surface area (Å²) in [4.78, 5) is 30.1. The molecule has 0 aliphatic heterocycles. The van der Waals surface area contributed by atoms with Crippen LogP contribution in [0.25, 0.3) is 0 Å². The van der Waals surface area contributed by atoms with Gasteiger partial charge in [-0.3, -0.25) is 34.9 Å². The monoisotopic (exact) mass is 495 g/mol. The molecular weight excluding hydrogens is 482 g/mol. The van der Waals surface area contributed by atoms with Gasteiger partial charge in [0, 0.05) is 30.9 Å². The second-order valence-corrected chi connectivity index (χ2v) is 7.96. The van der Waals surface area contributed by atoms with Gasteiger partial charge in [-0.2, -0.15) is 13.2 Å². The van der Waals surface area contributed by atoms with Crippen molar-refractivity contribution in [2.45, 2.75) is 20.0 Å². The molecule has 0 aliphatic carbocycles. The van der Waals surface area contributed by atoms with E-state index in [2.05, 4.69) is 4.52 Å². The third-order valence-electron chi connectivity index (χ3n) is 4.05. The Bertz CT molecular complexity index is 1200. The normalized spacial score (nSPS) is 13.2. The van der Waals surface area contributed by atoms with E-state index in [1.54, 1.807) is 0 Å². The smallest absolute Gasteiger partial charge is 0.394 e. The van der Waals surface area contributed by atoms with Crippen LogP contribution in [0.2, 0.25) is 0 Å². The highest BCUT2D eigenvalue weighted by atomic mass is 31.2. The lowest BCUT2D eigenvalue weighted by molar-refractivity contribution is -0.394. The fourth-order valence-electron chi connectivity index (χ4n) is 2.61. The molecule has 0 spiro atoms. The van der Waals surface area contributed by atoms with Crippen LogP contribution in [0.1, 0.15) is 16.7 Å². The number of rotatable bonds is 8. The summed E-state index contributed by atoms with van der Waals surface area (Å²) in [6, 6.07) is 2.17. The molecule has 33 heavy (non-hydrogen) atoms. The number of alkyl halides is 3. The fraction of sp³-hybridized carbons (Fsp3) is 0.250. The quantitative estimate of drug-likeness (QED) is 0.267. The summed E-state index contributed by atoms with van der Waals surface area (Å²) < 4.78 is 67.9. The number of hydrogen-bond donors (Lipinski definition) is 0. The Labute approximate surface area is 181 Å². The molecule has 2 aromatic carbocycles. The lowest BCUT2D eigenvalue weighted by atomic mass is 10.1. The summed E-state index contributed by atoms with van der Waals surface area (Å²) in [5.74, 6) is -1.95. The average Bonchev–Trinajstić information content (AvgIpc) is 2.69. The van der Waals surface area contributed by atoms with E-state index in [1.807, 2.05) is 0 Å². The van der Waals surface area contributed by atoms with Gasteiger partial charge < -0.3 is 9.05 Å². The molecule has 2 aromatic rings. The van der Waals surface area contributed by atoms with E-state index in [9.17, 15) is 48.1 Å². The molecule has 0 aromatic heterocycles.